The lowest BCUT2D eigenvalue weighted by atomic mass is 10.1. The summed E-state index contributed by atoms with van der Waals surface area (Å²) in [4.78, 5) is 53.2. The predicted octanol–water partition coefficient (Wildman–Crippen LogP) is 4.08. The molecule has 0 bridgehead atoms. The minimum atomic E-state index is -1.21. The van der Waals surface area contributed by atoms with Crippen LogP contribution < -0.4 is 10.9 Å². The number of anilines is 1. The highest BCUT2D eigenvalue weighted by Gasteiger charge is 2.25. The normalized spacial score (nSPS) is 11.5. The van der Waals surface area contributed by atoms with E-state index < -0.39 is 29.5 Å². The number of hydrogen-bond acceptors (Lipinski definition) is 7. The highest BCUT2D eigenvalue weighted by Crippen LogP contribution is 2.36. The minimum Gasteiger partial charge on any atom is -0.462 e. The molecule has 0 unspecified atom stereocenters. The molecular weight excluding hydrogens is 444 g/mol. The van der Waals surface area contributed by atoms with Crippen molar-refractivity contribution in [3.63, 3.8) is 0 Å². The molecule has 1 atom stereocenters. The number of ether oxygens (including phenoxy) is 2. The molecule has 33 heavy (non-hydrogen) atoms. The first-order valence-electron chi connectivity index (χ1n) is 10.3. The topological polar surface area (TPSA) is 115 Å². The van der Waals surface area contributed by atoms with E-state index in [1.807, 2.05) is 30.3 Å². The first-order chi connectivity index (χ1) is 15.7. The van der Waals surface area contributed by atoms with Crippen LogP contribution in [0.5, 0.6) is 0 Å². The zero-order valence-corrected chi connectivity index (χ0v) is 19.5. The summed E-state index contributed by atoms with van der Waals surface area (Å²) >= 11 is 1.21. The molecule has 1 aromatic carbocycles. The number of rotatable bonds is 7. The number of nitrogens with one attached hydrogen (secondary N) is 2. The Bertz CT molecular complexity index is 1250. The number of pyridine rings is 1. The van der Waals surface area contributed by atoms with E-state index in [1.54, 1.807) is 32.9 Å². The third kappa shape index (κ3) is 5.56. The number of amides is 1. The van der Waals surface area contributed by atoms with Gasteiger partial charge in [0.2, 0.25) is 0 Å². The molecule has 1 amide bonds. The molecule has 172 valence electrons. The fraction of sp³-hybridized carbons (Fsp3) is 0.250. The molecule has 0 saturated heterocycles. The molecular formula is C24H24N2O6S. The van der Waals surface area contributed by atoms with Crippen molar-refractivity contribution in [3.05, 3.63) is 75.2 Å². The monoisotopic (exact) mass is 468 g/mol. The molecule has 2 aromatic heterocycles. The van der Waals surface area contributed by atoms with Crippen molar-refractivity contribution in [3.8, 4) is 10.4 Å². The van der Waals surface area contributed by atoms with E-state index in [9.17, 15) is 19.2 Å². The third-order valence-electron chi connectivity index (χ3n) is 4.74. The Morgan fingerprint density at radius 2 is 1.79 bits per heavy atom. The van der Waals surface area contributed by atoms with E-state index in [0.29, 0.717) is 11.3 Å². The average Bonchev–Trinajstić information content (AvgIpc) is 3.17. The van der Waals surface area contributed by atoms with Gasteiger partial charge in [0.05, 0.1) is 12.2 Å². The van der Waals surface area contributed by atoms with Crippen LogP contribution in [0.25, 0.3) is 10.4 Å². The van der Waals surface area contributed by atoms with Crippen LogP contribution in [-0.2, 0) is 14.3 Å². The van der Waals surface area contributed by atoms with E-state index in [2.05, 4.69) is 10.3 Å². The number of aryl methyl sites for hydroxylation is 2. The summed E-state index contributed by atoms with van der Waals surface area (Å²) in [5.41, 5.74) is 1.40. The molecule has 0 radical (unpaired) electrons. The number of carbonyl (C=O) groups excluding carboxylic acids is 3. The number of thiophene rings is 1. The van der Waals surface area contributed by atoms with Crippen LogP contribution in [-0.4, -0.2) is 35.5 Å². The number of carbonyl (C=O) groups is 3. The molecule has 2 N–H and O–H groups in total. The van der Waals surface area contributed by atoms with Gasteiger partial charge in [-0.2, -0.15) is 0 Å². The number of H-pyrrole nitrogens is 1. The van der Waals surface area contributed by atoms with Crippen LogP contribution in [0.4, 0.5) is 5.00 Å². The summed E-state index contributed by atoms with van der Waals surface area (Å²) in [6, 6.07) is 12.7. The maximum atomic E-state index is 12.8. The molecule has 3 rings (SSSR count). The number of aromatic nitrogens is 1. The van der Waals surface area contributed by atoms with Gasteiger partial charge < -0.3 is 19.8 Å². The molecule has 2 heterocycles. The highest BCUT2D eigenvalue weighted by molar-refractivity contribution is 7.20. The molecule has 0 aliphatic carbocycles. The zero-order valence-electron chi connectivity index (χ0n) is 18.7. The molecule has 9 heteroatoms. The van der Waals surface area contributed by atoms with E-state index in [1.165, 1.54) is 18.3 Å². The lowest BCUT2D eigenvalue weighted by Crippen LogP contribution is -2.32. The molecule has 0 aliphatic rings. The quantitative estimate of drug-likeness (QED) is 0.505. The molecule has 0 spiro atoms. The van der Waals surface area contributed by atoms with E-state index in [4.69, 9.17) is 9.47 Å². The van der Waals surface area contributed by atoms with Crippen LogP contribution in [0.1, 0.15) is 45.8 Å². The Morgan fingerprint density at radius 1 is 1.09 bits per heavy atom. The second-order valence-electron chi connectivity index (χ2n) is 7.32. The molecule has 3 aromatic rings. The van der Waals surface area contributed by atoms with Gasteiger partial charge in [0.1, 0.15) is 10.6 Å². The van der Waals surface area contributed by atoms with Gasteiger partial charge in [-0.1, -0.05) is 30.3 Å². The zero-order chi connectivity index (χ0) is 24.1. The summed E-state index contributed by atoms with van der Waals surface area (Å²) in [5, 5.41) is 2.93. The summed E-state index contributed by atoms with van der Waals surface area (Å²) in [5.74, 6) is -2.12. The summed E-state index contributed by atoms with van der Waals surface area (Å²) in [6.07, 6.45) is -1.21. The van der Waals surface area contributed by atoms with E-state index >= 15 is 0 Å². The second kappa shape index (κ2) is 10.3. The lowest BCUT2D eigenvalue weighted by molar-refractivity contribution is -0.123. The van der Waals surface area contributed by atoms with Crippen molar-refractivity contribution < 1.29 is 23.9 Å². The molecule has 0 fully saturated rings. The van der Waals surface area contributed by atoms with Crippen LogP contribution in [0.15, 0.2) is 47.3 Å². The summed E-state index contributed by atoms with van der Waals surface area (Å²) in [7, 11) is 0. The number of benzene rings is 1. The Labute approximate surface area is 194 Å². The van der Waals surface area contributed by atoms with Gasteiger partial charge in [0.15, 0.2) is 6.10 Å². The van der Waals surface area contributed by atoms with Crippen molar-refractivity contribution in [2.24, 2.45) is 0 Å². The van der Waals surface area contributed by atoms with Gasteiger partial charge >= 0.3 is 11.9 Å². The van der Waals surface area contributed by atoms with Gasteiger partial charge in [-0.05, 0) is 51.0 Å². The number of esters is 2. The van der Waals surface area contributed by atoms with Crippen molar-refractivity contribution >= 4 is 34.2 Å². The fourth-order valence-electron chi connectivity index (χ4n) is 3.18. The van der Waals surface area contributed by atoms with Crippen LogP contribution in [0.2, 0.25) is 0 Å². The first kappa shape index (κ1) is 23.9. The van der Waals surface area contributed by atoms with Crippen LogP contribution in [0, 0.1) is 13.8 Å². The SMILES string of the molecule is CCOC(=O)c1cc(-c2ccccc2)sc1NC(=O)[C@H](C)OC(=O)c1c(C)cc(C)[nH]c1=O. The Balaban J connectivity index is 1.81. The standard InChI is InChI=1S/C24H24N2O6S/c1-5-31-23(29)17-12-18(16-9-7-6-8-10-16)33-22(17)26-20(27)15(4)32-24(30)19-13(2)11-14(3)25-21(19)28/h6-12,15H,5H2,1-4H3,(H,25,28)(H,26,27)/t15-/m0/s1. The molecule has 0 aliphatic heterocycles. The van der Waals surface area contributed by atoms with Gasteiger partial charge in [0.25, 0.3) is 11.5 Å². The van der Waals surface area contributed by atoms with Crippen molar-refractivity contribution in [2.75, 3.05) is 11.9 Å². The smallest absolute Gasteiger partial charge is 0.344 e. The molecule has 0 saturated carbocycles. The third-order valence-corrected chi connectivity index (χ3v) is 5.84. The minimum absolute atomic E-state index is 0.157. The van der Waals surface area contributed by atoms with E-state index in [-0.39, 0.29) is 22.7 Å². The molecule has 8 nitrogen and oxygen atoms in total. The second-order valence-corrected chi connectivity index (χ2v) is 8.37. The fourth-order valence-corrected chi connectivity index (χ4v) is 4.24. The van der Waals surface area contributed by atoms with Crippen LogP contribution >= 0.6 is 11.3 Å². The predicted molar refractivity (Wildman–Crippen MR) is 126 cm³/mol. The van der Waals surface area contributed by atoms with Crippen molar-refractivity contribution in [1.82, 2.24) is 4.98 Å². The Hall–Kier alpha value is -3.72. The van der Waals surface area contributed by atoms with Crippen LogP contribution in [0.3, 0.4) is 0 Å². The Kier molecular flexibility index (Phi) is 7.44. The largest absolute Gasteiger partial charge is 0.462 e. The van der Waals surface area contributed by atoms with Crippen molar-refractivity contribution in [2.45, 2.75) is 33.8 Å². The van der Waals surface area contributed by atoms with Gasteiger partial charge in [-0.15, -0.1) is 11.3 Å². The highest BCUT2D eigenvalue weighted by atomic mass is 32.1. The summed E-state index contributed by atoms with van der Waals surface area (Å²) < 4.78 is 10.3. The maximum absolute atomic E-state index is 12.8. The lowest BCUT2D eigenvalue weighted by Gasteiger charge is -2.14. The average molecular weight is 469 g/mol. The number of aromatic amines is 1. The van der Waals surface area contributed by atoms with Gasteiger partial charge in [0, 0.05) is 10.6 Å². The van der Waals surface area contributed by atoms with E-state index in [0.717, 1.165) is 10.4 Å². The summed E-state index contributed by atoms with van der Waals surface area (Å²) in [6.45, 7) is 6.58. The van der Waals surface area contributed by atoms with Gasteiger partial charge in [-0.25, -0.2) is 9.59 Å². The van der Waals surface area contributed by atoms with Gasteiger partial charge in [-0.3, -0.25) is 9.59 Å². The maximum Gasteiger partial charge on any atom is 0.344 e. The first-order valence-corrected chi connectivity index (χ1v) is 11.1. The number of hydrogen-bond donors (Lipinski definition) is 2. The Morgan fingerprint density at radius 3 is 2.42 bits per heavy atom. The van der Waals surface area contributed by atoms with Crippen molar-refractivity contribution in [1.29, 1.82) is 0 Å².